The number of ether oxygens (including phenoxy) is 2. The van der Waals surface area contributed by atoms with Crippen molar-refractivity contribution in [1.29, 1.82) is 0 Å². The lowest BCUT2D eigenvalue weighted by atomic mass is 9.71. The molecular formula is C22H30F2O3. The van der Waals surface area contributed by atoms with Crippen molar-refractivity contribution < 1.29 is 23.4 Å². The van der Waals surface area contributed by atoms with E-state index >= 15 is 0 Å². The monoisotopic (exact) mass is 380 g/mol. The maximum absolute atomic E-state index is 14.1. The first-order valence-electron chi connectivity index (χ1n) is 10.0. The molecule has 150 valence electrons. The Morgan fingerprint density at radius 2 is 1.67 bits per heavy atom. The van der Waals surface area contributed by atoms with Crippen LogP contribution in [-0.2, 0) is 0 Å². The normalized spacial score (nSPS) is 30.9. The minimum Gasteiger partial charge on any atom is -0.491 e. The van der Waals surface area contributed by atoms with Gasteiger partial charge in [-0.25, -0.2) is 0 Å². The molecule has 0 radical (unpaired) electrons. The van der Waals surface area contributed by atoms with Crippen molar-refractivity contribution in [2.75, 3.05) is 13.2 Å². The molecule has 5 heteroatoms. The summed E-state index contributed by atoms with van der Waals surface area (Å²) < 4.78 is 38.7. The van der Waals surface area contributed by atoms with Gasteiger partial charge in [-0.3, -0.25) is 0 Å². The Labute approximate surface area is 160 Å². The molecule has 0 amide bonds. The summed E-state index contributed by atoms with van der Waals surface area (Å²) >= 11 is 0. The molecule has 2 unspecified atom stereocenters. The summed E-state index contributed by atoms with van der Waals surface area (Å²) in [6, 6.07) is 2.85. The smallest absolute Gasteiger partial charge is 0.204 e. The van der Waals surface area contributed by atoms with Gasteiger partial charge in [-0.2, -0.15) is 8.78 Å². The highest BCUT2D eigenvalue weighted by Gasteiger charge is 2.31. The molecule has 27 heavy (non-hydrogen) atoms. The molecule has 2 aliphatic rings. The molecule has 1 N–H and O–H groups in total. The van der Waals surface area contributed by atoms with E-state index < -0.39 is 17.2 Å². The number of halogens is 2. The van der Waals surface area contributed by atoms with Crippen molar-refractivity contribution in [2.24, 2.45) is 17.8 Å². The van der Waals surface area contributed by atoms with Crippen LogP contribution in [0.4, 0.5) is 8.78 Å². The highest BCUT2D eigenvalue weighted by molar-refractivity contribution is 5.35. The molecule has 1 aromatic carbocycles. The molecule has 0 aliphatic heterocycles. The van der Waals surface area contributed by atoms with Crippen LogP contribution in [0.5, 0.6) is 11.5 Å². The average molecular weight is 380 g/mol. The van der Waals surface area contributed by atoms with Crippen LogP contribution in [0.2, 0.25) is 0 Å². The van der Waals surface area contributed by atoms with Gasteiger partial charge in [-0.05, 0) is 82.3 Å². The van der Waals surface area contributed by atoms with Crippen LogP contribution in [0.25, 0.3) is 0 Å². The fourth-order valence-electron chi connectivity index (χ4n) is 4.25. The van der Waals surface area contributed by atoms with Crippen molar-refractivity contribution in [3.63, 3.8) is 0 Å². The molecule has 2 atom stereocenters. The topological polar surface area (TPSA) is 38.7 Å². The number of hydrogen-bond donors (Lipinski definition) is 1. The first-order chi connectivity index (χ1) is 12.9. The van der Waals surface area contributed by atoms with Crippen LogP contribution >= 0.6 is 0 Å². The maximum atomic E-state index is 14.1. The summed E-state index contributed by atoms with van der Waals surface area (Å²) in [5.41, 5.74) is -0.654. The molecule has 3 nitrogen and oxygen atoms in total. The van der Waals surface area contributed by atoms with Crippen LogP contribution in [0, 0.1) is 29.4 Å². The third kappa shape index (κ3) is 5.01. The van der Waals surface area contributed by atoms with Gasteiger partial charge in [-0.15, -0.1) is 0 Å². The summed E-state index contributed by atoms with van der Waals surface area (Å²) in [4.78, 5) is 0. The first-order valence-corrected chi connectivity index (χ1v) is 10.0. The zero-order valence-electron chi connectivity index (χ0n) is 16.2. The molecule has 0 bridgehead atoms. The van der Waals surface area contributed by atoms with Gasteiger partial charge < -0.3 is 14.6 Å². The lowest BCUT2D eigenvalue weighted by Crippen LogP contribution is -2.30. The van der Waals surface area contributed by atoms with Gasteiger partial charge >= 0.3 is 0 Å². The van der Waals surface area contributed by atoms with E-state index in [2.05, 4.69) is 6.08 Å². The highest BCUT2D eigenvalue weighted by Crippen LogP contribution is 2.39. The Hall–Kier alpha value is -1.62. The van der Waals surface area contributed by atoms with Crippen molar-refractivity contribution in [1.82, 2.24) is 0 Å². The second kappa shape index (κ2) is 8.59. The molecule has 0 saturated heterocycles. The third-order valence-electron chi connectivity index (χ3n) is 5.97. The van der Waals surface area contributed by atoms with E-state index in [9.17, 15) is 13.9 Å². The number of benzene rings is 1. The zero-order valence-corrected chi connectivity index (χ0v) is 16.2. The van der Waals surface area contributed by atoms with E-state index in [1.165, 1.54) is 12.1 Å². The van der Waals surface area contributed by atoms with E-state index in [4.69, 9.17) is 9.47 Å². The van der Waals surface area contributed by atoms with Crippen molar-refractivity contribution in [3.05, 3.63) is 35.9 Å². The lowest BCUT2D eigenvalue weighted by Gasteiger charge is -2.36. The lowest BCUT2D eigenvalue weighted by molar-refractivity contribution is 0.0765. The Kier molecular flexibility index (Phi) is 6.40. The van der Waals surface area contributed by atoms with Gasteiger partial charge in [0.05, 0.1) is 18.8 Å². The second-order valence-electron chi connectivity index (χ2n) is 8.13. The summed E-state index contributed by atoms with van der Waals surface area (Å²) in [5.74, 6) is -0.533. The second-order valence-corrected chi connectivity index (χ2v) is 8.13. The minimum atomic E-state index is -0.988. The number of aliphatic hydroxyl groups is 1. The minimum absolute atomic E-state index is 0.0458. The van der Waals surface area contributed by atoms with Crippen LogP contribution in [0.15, 0.2) is 24.3 Å². The van der Waals surface area contributed by atoms with E-state index in [0.717, 1.165) is 38.5 Å². The van der Waals surface area contributed by atoms with Crippen molar-refractivity contribution >= 4 is 0 Å². The fourth-order valence-corrected chi connectivity index (χ4v) is 4.25. The molecule has 0 aromatic heterocycles. The summed E-state index contributed by atoms with van der Waals surface area (Å²) in [7, 11) is 0. The van der Waals surface area contributed by atoms with E-state index in [1.807, 2.05) is 13.0 Å². The molecule has 3 rings (SSSR count). The number of allylic oxidation sites excluding steroid dienone is 1. The Morgan fingerprint density at radius 1 is 1.04 bits per heavy atom. The molecule has 0 spiro atoms. The van der Waals surface area contributed by atoms with Crippen LogP contribution < -0.4 is 9.47 Å². The first kappa shape index (κ1) is 20.1. The predicted octanol–water partition coefficient (Wildman–Crippen LogP) is 5.27. The van der Waals surface area contributed by atoms with E-state index in [0.29, 0.717) is 24.4 Å². The van der Waals surface area contributed by atoms with Gasteiger partial charge in [0.1, 0.15) is 0 Å². The fraction of sp³-hybridized carbons (Fsp3) is 0.636. The Bertz CT molecular complexity index is 664. The summed E-state index contributed by atoms with van der Waals surface area (Å²) in [6.45, 7) is 4.28. The van der Waals surface area contributed by atoms with Crippen LogP contribution in [0.3, 0.4) is 0 Å². The largest absolute Gasteiger partial charge is 0.491 e. The van der Waals surface area contributed by atoms with Crippen molar-refractivity contribution in [2.45, 2.75) is 58.0 Å². The van der Waals surface area contributed by atoms with Gasteiger partial charge in [0.15, 0.2) is 11.5 Å². The molecular weight excluding hydrogens is 350 g/mol. The SMILES string of the molecule is CCOc1ccc(OCC2CCC(C3C=CC(C)(O)CC3)CC2)c(F)c1F. The number of rotatable bonds is 6. The number of hydrogen-bond acceptors (Lipinski definition) is 3. The predicted molar refractivity (Wildman–Crippen MR) is 101 cm³/mol. The van der Waals surface area contributed by atoms with E-state index in [-0.39, 0.29) is 18.1 Å². The average Bonchev–Trinajstić information content (AvgIpc) is 2.66. The zero-order chi connectivity index (χ0) is 19.4. The molecule has 0 heterocycles. The molecule has 1 aromatic rings. The van der Waals surface area contributed by atoms with Crippen LogP contribution in [-0.4, -0.2) is 23.9 Å². The van der Waals surface area contributed by atoms with Gasteiger partial charge in [0.25, 0.3) is 0 Å². The molecule has 2 aliphatic carbocycles. The maximum Gasteiger partial charge on any atom is 0.204 e. The quantitative estimate of drug-likeness (QED) is 0.684. The van der Waals surface area contributed by atoms with Crippen LogP contribution in [0.1, 0.15) is 52.4 Å². The van der Waals surface area contributed by atoms with Crippen molar-refractivity contribution in [3.8, 4) is 11.5 Å². The van der Waals surface area contributed by atoms with Gasteiger partial charge in [0.2, 0.25) is 11.6 Å². The van der Waals surface area contributed by atoms with Gasteiger partial charge in [0, 0.05) is 0 Å². The summed E-state index contributed by atoms with van der Waals surface area (Å²) in [5, 5.41) is 10.0. The Morgan fingerprint density at radius 3 is 2.22 bits per heavy atom. The molecule has 1 fully saturated rings. The summed E-state index contributed by atoms with van der Waals surface area (Å²) in [6.07, 6.45) is 10.3. The Balaban J connectivity index is 1.48. The van der Waals surface area contributed by atoms with Gasteiger partial charge in [-0.1, -0.05) is 12.2 Å². The third-order valence-corrected chi connectivity index (χ3v) is 5.97. The van der Waals surface area contributed by atoms with E-state index in [1.54, 1.807) is 6.92 Å². The highest BCUT2D eigenvalue weighted by atomic mass is 19.2. The molecule has 1 saturated carbocycles. The standard InChI is InChI=1S/C22H30F2O3/c1-3-26-18-8-9-19(21(24)20(18)23)27-14-15-4-6-16(7-5-15)17-10-12-22(2,25)13-11-17/h8-10,12,15-17,25H,3-7,11,13-14H2,1-2H3.